The molecule has 0 rings (SSSR count). The Balaban J connectivity index is 4.29. The van der Waals surface area contributed by atoms with E-state index in [2.05, 4.69) is 27.4 Å². The van der Waals surface area contributed by atoms with Gasteiger partial charge in [0.25, 0.3) is 0 Å². The lowest BCUT2D eigenvalue weighted by Gasteiger charge is -2.28. The van der Waals surface area contributed by atoms with E-state index in [9.17, 15) is 15.3 Å². The first-order valence-corrected chi connectivity index (χ1v) is 9.96. The normalized spacial score (nSPS) is 18.4. The predicted molar refractivity (Wildman–Crippen MR) is 104 cm³/mol. The van der Waals surface area contributed by atoms with Gasteiger partial charge in [-0.3, -0.25) is 0 Å². The smallest absolute Gasteiger partial charge is 0.160 e. The quantitative estimate of drug-likeness (QED) is 0.230. The molecule has 0 aliphatic heterocycles. The maximum Gasteiger partial charge on any atom is 0.160 e. The average Bonchev–Trinajstić information content (AvgIpc) is 2.49. The van der Waals surface area contributed by atoms with Crippen molar-refractivity contribution in [1.29, 1.82) is 0 Å². The molecule has 0 aromatic heterocycles. The zero-order valence-electron chi connectivity index (χ0n) is 17.1. The summed E-state index contributed by atoms with van der Waals surface area (Å²) in [7, 11) is 0. The van der Waals surface area contributed by atoms with Gasteiger partial charge in [-0.2, -0.15) is 0 Å². The number of hydrogen-bond donors (Lipinski definition) is 3. The molecule has 0 saturated heterocycles. The Morgan fingerprint density at radius 3 is 2.12 bits per heavy atom. The summed E-state index contributed by atoms with van der Waals surface area (Å²) in [4.78, 5) is 0. The minimum atomic E-state index is -1.22. The molecule has 0 aliphatic carbocycles. The van der Waals surface area contributed by atoms with Crippen molar-refractivity contribution in [3.05, 3.63) is 12.7 Å². The fourth-order valence-electron chi connectivity index (χ4n) is 3.24. The van der Waals surface area contributed by atoms with Crippen LogP contribution in [0.5, 0.6) is 0 Å². The fraction of sp³-hybridized carbons (Fsp3) is 0.905. The lowest BCUT2D eigenvalue weighted by atomic mass is 9.91. The molecule has 4 nitrogen and oxygen atoms in total. The molecule has 0 aliphatic rings. The van der Waals surface area contributed by atoms with Crippen LogP contribution < -0.4 is 0 Å². The molecule has 150 valence electrons. The number of ether oxygens (including phenoxy) is 1. The van der Waals surface area contributed by atoms with Gasteiger partial charge in [0.2, 0.25) is 0 Å². The summed E-state index contributed by atoms with van der Waals surface area (Å²) in [6.45, 7) is 13.6. The average molecular weight is 359 g/mol. The van der Waals surface area contributed by atoms with E-state index >= 15 is 0 Å². The molecule has 4 heteroatoms. The van der Waals surface area contributed by atoms with Crippen LogP contribution in [0.1, 0.15) is 86.0 Å². The molecule has 0 amide bonds. The molecule has 0 bridgehead atoms. The molecule has 0 radical (unpaired) electrons. The molecule has 25 heavy (non-hydrogen) atoms. The number of unbranched alkanes of at least 4 members (excludes halogenated alkanes) is 1. The Bertz CT molecular complexity index is 337. The molecule has 0 saturated carbocycles. The zero-order chi connectivity index (χ0) is 19.5. The SMILES string of the molecule is C=CC(O)CC(O)CC(CCCCC(C)CC(C)CC)OC(C)(C)O. The zero-order valence-corrected chi connectivity index (χ0v) is 17.1. The maximum atomic E-state index is 10.1. The van der Waals surface area contributed by atoms with Crippen LogP contribution in [0.15, 0.2) is 12.7 Å². The second kappa shape index (κ2) is 12.9. The molecule has 0 heterocycles. The van der Waals surface area contributed by atoms with E-state index in [-0.39, 0.29) is 12.5 Å². The molecule has 0 fully saturated rings. The van der Waals surface area contributed by atoms with Crippen LogP contribution in [-0.2, 0) is 4.74 Å². The predicted octanol–water partition coefficient (Wildman–Crippen LogP) is 4.42. The maximum absolute atomic E-state index is 10.1. The minimum Gasteiger partial charge on any atom is -0.393 e. The summed E-state index contributed by atoms with van der Waals surface area (Å²) in [5.74, 6) is 0.301. The Morgan fingerprint density at radius 1 is 1.00 bits per heavy atom. The number of aliphatic hydroxyl groups excluding tert-OH is 2. The van der Waals surface area contributed by atoms with Crippen molar-refractivity contribution in [2.75, 3.05) is 0 Å². The Hall–Kier alpha value is -0.420. The van der Waals surface area contributed by atoms with Crippen LogP contribution in [0.3, 0.4) is 0 Å². The van der Waals surface area contributed by atoms with Gasteiger partial charge in [-0.25, -0.2) is 0 Å². The molecule has 0 spiro atoms. The minimum absolute atomic E-state index is 0.211. The summed E-state index contributed by atoms with van der Waals surface area (Å²) >= 11 is 0. The van der Waals surface area contributed by atoms with Crippen molar-refractivity contribution < 1.29 is 20.1 Å². The lowest BCUT2D eigenvalue weighted by molar-refractivity contribution is -0.212. The Labute approximate surface area is 155 Å². The van der Waals surface area contributed by atoms with Gasteiger partial charge in [-0.05, 0) is 44.9 Å². The van der Waals surface area contributed by atoms with Gasteiger partial charge in [0.1, 0.15) is 0 Å². The van der Waals surface area contributed by atoms with E-state index in [4.69, 9.17) is 4.74 Å². The Kier molecular flexibility index (Phi) is 12.6. The van der Waals surface area contributed by atoms with Crippen LogP contribution in [0.25, 0.3) is 0 Å². The third-order valence-electron chi connectivity index (χ3n) is 4.75. The van der Waals surface area contributed by atoms with Gasteiger partial charge in [-0.15, -0.1) is 6.58 Å². The van der Waals surface area contributed by atoms with Gasteiger partial charge in [0.05, 0.1) is 18.3 Å². The van der Waals surface area contributed by atoms with E-state index in [1.807, 2.05) is 0 Å². The second-order valence-corrected chi connectivity index (χ2v) is 8.25. The van der Waals surface area contributed by atoms with Gasteiger partial charge in [-0.1, -0.05) is 52.5 Å². The molecule has 5 atom stereocenters. The van der Waals surface area contributed by atoms with Gasteiger partial charge in [0, 0.05) is 6.42 Å². The number of hydrogen-bond acceptors (Lipinski definition) is 4. The van der Waals surface area contributed by atoms with Crippen molar-refractivity contribution >= 4 is 0 Å². The van der Waals surface area contributed by atoms with Gasteiger partial charge < -0.3 is 20.1 Å². The van der Waals surface area contributed by atoms with Crippen molar-refractivity contribution in [3.8, 4) is 0 Å². The monoisotopic (exact) mass is 358 g/mol. The first-order chi connectivity index (χ1) is 11.6. The van der Waals surface area contributed by atoms with Gasteiger partial charge in [0.15, 0.2) is 5.79 Å². The second-order valence-electron chi connectivity index (χ2n) is 8.25. The van der Waals surface area contributed by atoms with E-state index < -0.39 is 18.0 Å². The topological polar surface area (TPSA) is 69.9 Å². The molecular weight excluding hydrogens is 316 g/mol. The lowest BCUT2D eigenvalue weighted by Crippen LogP contribution is -2.33. The van der Waals surface area contributed by atoms with Crippen molar-refractivity contribution in [1.82, 2.24) is 0 Å². The summed E-state index contributed by atoms with van der Waals surface area (Å²) in [6.07, 6.45) is 7.18. The molecular formula is C21H42O4. The van der Waals surface area contributed by atoms with Crippen molar-refractivity contribution in [2.24, 2.45) is 11.8 Å². The summed E-state index contributed by atoms with van der Waals surface area (Å²) < 4.78 is 5.70. The highest BCUT2D eigenvalue weighted by Gasteiger charge is 2.23. The highest BCUT2D eigenvalue weighted by Crippen LogP contribution is 2.23. The highest BCUT2D eigenvalue weighted by molar-refractivity contribution is 4.81. The fourth-order valence-corrected chi connectivity index (χ4v) is 3.24. The summed E-state index contributed by atoms with van der Waals surface area (Å²) in [5.41, 5.74) is 0. The van der Waals surface area contributed by atoms with Crippen LogP contribution in [0, 0.1) is 11.8 Å². The van der Waals surface area contributed by atoms with Crippen molar-refractivity contribution in [2.45, 2.75) is 110 Å². The first-order valence-electron chi connectivity index (χ1n) is 9.96. The largest absolute Gasteiger partial charge is 0.393 e. The van der Waals surface area contributed by atoms with Crippen LogP contribution in [0.2, 0.25) is 0 Å². The van der Waals surface area contributed by atoms with E-state index in [0.29, 0.717) is 6.42 Å². The molecule has 5 unspecified atom stereocenters. The van der Waals surface area contributed by atoms with E-state index in [0.717, 1.165) is 31.1 Å². The number of aliphatic hydroxyl groups is 3. The third-order valence-corrected chi connectivity index (χ3v) is 4.75. The van der Waals surface area contributed by atoms with Gasteiger partial charge >= 0.3 is 0 Å². The molecule has 0 aromatic rings. The highest BCUT2D eigenvalue weighted by atomic mass is 16.6. The van der Waals surface area contributed by atoms with Crippen LogP contribution in [-0.4, -0.2) is 39.4 Å². The summed E-state index contributed by atoms with van der Waals surface area (Å²) in [6, 6.07) is 0. The standard InChI is InChI=1S/C21H42O4/c1-7-16(3)13-17(4)11-9-10-12-20(25-21(5,6)24)15-19(23)14-18(22)8-2/h8,16-20,22-24H,2,7,9-15H2,1,3-6H3. The third kappa shape index (κ3) is 14.4. The van der Waals surface area contributed by atoms with E-state index in [1.165, 1.54) is 25.3 Å². The molecule has 3 N–H and O–H groups in total. The van der Waals surface area contributed by atoms with Crippen molar-refractivity contribution in [3.63, 3.8) is 0 Å². The Morgan fingerprint density at radius 2 is 1.60 bits per heavy atom. The van der Waals surface area contributed by atoms with Crippen LogP contribution >= 0.6 is 0 Å². The summed E-state index contributed by atoms with van der Waals surface area (Å²) in [5, 5.41) is 29.6. The van der Waals surface area contributed by atoms with Crippen LogP contribution in [0.4, 0.5) is 0 Å². The van der Waals surface area contributed by atoms with E-state index in [1.54, 1.807) is 13.8 Å². The number of rotatable bonds is 15. The molecule has 0 aromatic carbocycles. The first kappa shape index (κ1) is 24.6.